The number of nitrogens with zero attached hydrogens (tertiary/aromatic N) is 2. The third-order valence-electron chi connectivity index (χ3n) is 3.36. The second kappa shape index (κ2) is 8.80. The second-order valence-electron chi connectivity index (χ2n) is 5.60. The van der Waals surface area contributed by atoms with E-state index in [4.69, 9.17) is 25.2 Å². The van der Waals surface area contributed by atoms with Crippen molar-refractivity contribution in [2.75, 3.05) is 12.3 Å². The Labute approximate surface area is 164 Å². The van der Waals surface area contributed by atoms with Crippen molar-refractivity contribution in [1.82, 2.24) is 9.55 Å². The minimum absolute atomic E-state index is 0.435. The number of nitrogens with two attached hydrogens (primary N) is 1. The lowest BCUT2D eigenvalue weighted by Gasteiger charge is -2.19. The molecule has 6 atom stereocenters. The smallest absolute Gasteiger partial charge is 0.387 e. The molecule has 1 saturated heterocycles. The van der Waals surface area contributed by atoms with Crippen LogP contribution in [0, 0.1) is 5.82 Å². The molecule has 0 amide bonds. The summed E-state index contributed by atoms with van der Waals surface area (Å²) in [5, 5.41) is 19.9. The molecule has 30 heavy (non-hydrogen) atoms. The first kappa shape index (κ1) is 25.2. The minimum atomic E-state index is -5.76. The highest BCUT2D eigenvalue weighted by Crippen LogP contribution is 2.66. The molecule has 0 bridgehead atoms. The molecule has 0 radical (unpaired) electrons. The molecule has 1 fully saturated rings. The number of hydrogen-bond acceptors (Lipinski definition) is 12. The van der Waals surface area contributed by atoms with Crippen molar-refractivity contribution in [2.45, 2.75) is 24.5 Å². The summed E-state index contributed by atoms with van der Waals surface area (Å²) in [6, 6.07) is 0. The maximum absolute atomic E-state index is 13.5. The zero-order valence-electron chi connectivity index (χ0n) is 14.2. The van der Waals surface area contributed by atoms with Crippen LogP contribution in [0.15, 0.2) is 11.0 Å². The topological polar surface area (TPSA) is 270 Å². The van der Waals surface area contributed by atoms with Crippen LogP contribution in [0.4, 0.5) is 10.2 Å². The Morgan fingerprint density at radius 1 is 1.13 bits per heavy atom. The van der Waals surface area contributed by atoms with Crippen LogP contribution in [0.25, 0.3) is 0 Å². The van der Waals surface area contributed by atoms with Crippen molar-refractivity contribution in [3.63, 3.8) is 0 Å². The monoisotopic (exact) mass is 501 g/mol. The van der Waals surface area contributed by atoms with Crippen molar-refractivity contribution in [3.05, 3.63) is 22.5 Å². The largest absolute Gasteiger partial charge is 0.490 e. The van der Waals surface area contributed by atoms with Crippen molar-refractivity contribution >= 4 is 29.3 Å². The van der Waals surface area contributed by atoms with Crippen LogP contribution in [-0.2, 0) is 31.6 Å². The van der Waals surface area contributed by atoms with E-state index in [1.165, 1.54) is 0 Å². The highest BCUT2D eigenvalue weighted by molar-refractivity contribution is 7.66. The molecule has 1 aromatic rings. The van der Waals surface area contributed by atoms with Gasteiger partial charge in [-0.05, 0) is 0 Å². The molecule has 2 heterocycles. The average molecular weight is 501 g/mol. The van der Waals surface area contributed by atoms with E-state index >= 15 is 0 Å². The van der Waals surface area contributed by atoms with Gasteiger partial charge in [-0.2, -0.15) is 13.6 Å². The van der Waals surface area contributed by atoms with Gasteiger partial charge in [0, 0.05) is 0 Å². The number of aromatic nitrogens is 2. The molecule has 2 unspecified atom stereocenters. The van der Waals surface area contributed by atoms with Crippen molar-refractivity contribution in [1.29, 1.82) is 0 Å². The van der Waals surface area contributed by atoms with E-state index in [0.29, 0.717) is 10.8 Å². The van der Waals surface area contributed by atoms with Crippen LogP contribution in [0.3, 0.4) is 0 Å². The van der Waals surface area contributed by atoms with Gasteiger partial charge >= 0.3 is 29.2 Å². The number of ether oxygens (including phenoxy) is 1. The SMILES string of the molecule is Nc1nc(=O)n([C@@H]2O[C@H](COP(=O)(O)OP(=O)(O)OP(=O)(O)O)[C@@H](O)[C@H]2O)cc1F. The number of rotatable bonds is 8. The summed E-state index contributed by atoms with van der Waals surface area (Å²) in [7, 11) is -16.9. The third-order valence-corrected chi connectivity index (χ3v) is 7.17. The number of aliphatic hydroxyl groups excluding tert-OH is 2. The molecule has 0 aromatic carbocycles. The standard InChI is InChI=1S/C9H15FN3O14P3/c10-3-1-13(9(16)12-7(3)11)8-6(15)5(14)4(25-8)2-24-29(20,21)27-30(22,23)26-28(17,18)19/h1,4-6,8,14-15H,2H2,(H,20,21)(H,22,23)(H2,11,12,16)(H2,17,18,19)/t4-,5-,6-,8-/m1/s1. The predicted molar refractivity (Wildman–Crippen MR) is 88.6 cm³/mol. The first-order valence-corrected chi connectivity index (χ1v) is 11.9. The molecule has 17 nitrogen and oxygen atoms in total. The Morgan fingerprint density at radius 3 is 2.30 bits per heavy atom. The van der Waals surface area contributed by atoms with Gasteiger partial charge in [0.2, 0.25) is 0 Å². The average Bonchev–Trinajstić information content (AvgIpc) is 2.81. The zero-order valence-corrected chi connectivity index (χ0v) is 16.9. The van der Waals surface area contributed by atoms with Gasteiger partial charge < -0.3 is 40.3 Å². The summed E-state index contributed by atoms with van der Waals surface area (Å²) < 4.78 is 63.7. The minimum Gasteiger partial charge on any atom is -0.387 e. The van der Waals surface area contributed by atoms with E-state index in [-0.39, 0.29) is 0 Å². The van der Waals surface area contributed by atoms with Crippen LogP contribution >= 0.6 is 23.5 Å². The fourth-order valence-electron chi connectivity index (χ4n) is 2.21. The Bertz CT molecular complexity index is 997. The number of anilines is 1. The first-order valence-electron chi connectivity index (χ1n) is 7.35. The van der Waals surface area contributed by atoms with Crippen molar-refractivity contribution < 1.29 is 65.8 Å². The summed E-state index contributed by atoms with van der Waals surface area (Å²) in [6.07, 6.45) is -6.64. The maximum Gasteiger partial charge on any atom is 0.490 e. The van der Waals surface area contributed by atoms with E-state index < -0.39 is 71.9 Å². The lowest BCUT2D eigenvalue weighted by molar-refractivity contribution is -0.0545. The summed E-state index contributed by atoms with van der Waals surface area (Å²) in [6.45, 7) is -1.11. The van der Waals surface area contributed by atoms with Crippen molar-refractivity contribution in [3.8, 4) is 0 Å². The van der Waals surface area contributed by atoms with Gasteiger partial charge in [0.25, 0.3) is 0 Å². The summed E-state index contributed by atoms with van der Waals surface area (Å²) in [4.78, 5) is 50.2. The molecule has 172 valence electrons. The number of hydrogen-bond donors (Lipinski definition) is 7. The number of nitrogen functional groups attached to an aromatic ring is 1. The van der Waals surface area contributed by atoms with Gasteiger partial charge in [-0.1, -0.05) is 0 Å². The van der Waals surface area contributed by atoms with Gasteiger partial charge in [-0.15, -0.1) is 0 Å². The summed E-state index contributed by atoms with van der Waals surface area (Å²) in [5.41, 5.74) is 3.95. The lowest BCUT2D eigenvalue weighted by atomic mass is 10.1. The first-order chi connectivity index (χ1) is 13.5. The van der Waals surface area contributed by atoms with Crippen LogP contribution in [-0.4, -0.2) is 64.3 Å². The summed E-state index contributed by atoms with van der Waals surface area (Å²) >= 11 is 0. The Morgan fingerprint density at radius 2 is 1.73 bits per heavy atom. The predicted octanol–water partition coefficient (Wildman–Crippen LogP) is -2.07. The number of phosphoric ester groups is 1. The molecule has 21 heteroatoms. The fourth-order valence-corrected chi connectivity index (χ4v) is 5.24. The Hall–Kier alpha value is -1.10. The molecule has 0 spiro atoms. The van der Waals surface area contributed by atoms with E-state index in [9.17, 15) is 38.0 Å². The highest BCUT2D eigenvalue weighted by Gasteiger charge is 2.47. The molecule has 1 aliphatic heterocycles. The van der Waals surface area contributed by atoms with E-state index in [0.717, 1.165) is 0 Å². The molecule has 1 aromatic heterocycles. The van der Waals surface area contributed by atoms with Gasteiger partial charge in [0.1, 0.15) is 18.3 Å². The van der Waals surface area contributed by atoms with Crippen LogP contribution < -0.4 is 11.4 Å². The second-order valence-corrected chi connectivity index (χ2v) is 10.0. The fraction of sp³-hybridized carbons (Fsp3) is 0.556. The molecule has 0 saturated carbocycles. The van der Waals surface area contributed by atoms with Gasteiger partial charge in [0.05, 0.1) is 12.8 Å². The highest BCUT2D eigenvalue weighted by atomic mass is 31.3. The maximum atomic E-state index is 13.5. The lowest BCUT2D eigenvalue weighted by Crippen LogP contribution is -2.36. The van der Waals surface area contributed by atoms with Crippen LogP contribution in [0.2, 0.25) is 0 Å². The molecular formula is C9H15FN3O14P3. The third kappa shape index (κ3) is 6.45. The quantitative estimate of drug-likeness (QED) is 0.188. The number of aliphatic hydroxyl groups is 2. The van der Waals surface area contributed by atoms with E-state index in [1.807, 2.05) is 0 Å². The summed E-state index contributed by atoms with van der Waals surface area (Å²) in [5.74, 6) is -1.90. The van der Waals surface area contributed by atoms with Gasteiger partial charge in [-0.3, -0.25) is 9.09 Å². The van der Waals surface area contributed by atoms with Crippen LogP contribution in [0.1, 0.15) is 6.23 Å². The zero-order chi connectivity index (χ0) is 23.1. The van der Waals surface area contributed by atoms with Gasteiger partial charge in [-0.25, -0.2) is 22.9 Å². The molecule has 1 aliphatic rings. The Kier molecular flexibility index (Phi) is 7.38. The molecule has 0 aliphatic carbocycles. The van der Waals surface area contributed by atoms with Gasteiger partial charge in [0.15, 0.2) is 17.9 Å². The number of halogens is 1. The normalized spacial score (nSPS) is 28.8. The number of phosphoric acid groups is 3. The molecular weight excluding hydrogens is 486 g/mol. The van der Waals surface area contributed by atoms with E-state index in [2.05, 4.69) is 18.1 Å². The van der Waals surface area contributed by atoms with E-state index in [1.54, 1.807) is 0 Å². The Balaban J connectivity index is 2.09. The molecule has 8 N–H and O–H groups in total. The molecule has 2 rings (SSSR count). The van der Waals surface area contributed by atoms with Crippen molar-refractivity contribution in [2.24, 2.45) is 0 Å². The van der Waals surface area contributed by atoms with Crippen LogP contribution in [0.5, 0.6) is 0 Å².